The van der Waals surface area contributed by atoms with E-state index in [9.17, 15) is 4.79 Å². The molecule has 2 rings (SSSR count). The van der Waals surface area contributed by atoms with E-state index in [0.717, 1.165) is 61.6 Å². The number of halogens is 1. The van der Waals surface area contributed by atoms with Crippen LogP contribution in [0.25, 0.3) is 0 Å². The van der Waals surface area contributed by atoms with Gasteiger partial charge in [-0.3, -0.25) is 4.79 Å². The van der Waals surface area contributed by atoms with Crippen molar-refractivity contribution in [1.82, 2.24) is 15.3 Å². The molecule has 1 aliphatic rings. The molecule has 0 bridgehead atoms. The zero-order valence-electron chi connectivity index (χ0n) is 12.7. The first kappa shape index (κ1) is 16.2. The number of nitrogens with zero attached hydrogens (tertiary/aromatic N) is 3. The summed E-state index contributed by atoms with van der Waals surface area (Å²) in [4.78, 5) is 22.4. The van der Waals surface area contributed by atoms with Gasteiger partial charge in [0.05, 0.1) is 0 Å². The van der Waals surface area contributed by atoms with E-state index in [2.05, 4.69) is 43.0 Å². The molecule has 6 heteroatoms. The first-order valence-electron chi connectivity index (χ1n) is 7.61. The van der Waals surface area contributed by atoms with E-state index in [1.165, 1.54) is 0 Å². The zero-order chi connectivity index (χ0) is 15.2. The molecule has 1 N–H and O–H groups in total. The van der Waals surface area contributed by atoms with Gasteiger partial charge in [-0.05, 0) is 41.1 Å². The van der Waals surface area contributed by atoms with Gasteiger partial charge in [0.2, 0.25) is 5.91 Å². The van der Waals surface area contributed by atoms with E-state index in [1.807, 2.05) is 6.07 Å². The molecule has 0 saturated carbocycles. The molecule has 1 aromatic rings. The Morgan fingerprint density at radius 1 is 1.43 bits per heavy atom. The van der Waals surface area contributed by atoms with Crippen molar-refractivity contribution in [3.05, 3.63) is 16.5 Å². The van der Waals surface area contributed by atoms with Gasteiger partial charge in [-0.2, -0.15) is 0 Å². The number of carbonyl (C=O) groups is 1. The van der Waals surface area contributed by atoms with Crippen molar-refractivity contribution in [2.75, 3.05) is 24.5 Å². The summed E-state index contributed by atoms with van der Waals surface area (Å²) in [6, 6.07) is 1.99. The van der Waals surface area contributed by atoms with Crippen LogP contribution in [0.4, 0.5) is 5.82 Å². The highest BCUT2D eigenvalue weighted by atomic mass is 79.9. The molecule has 0 unspecified atom stereocenters. The van der Waals surface area contributed by atoms with Gasteiger partial charge in [0, 0.05) is 39.0 Å². The third-order valence-corrected chi connectivity index (χ3v) is 4.19. The molecular formula is C15H23BrN4O. The van der Waals surface area contributed by atoms with Crippen molar-refractivity contribution in [2.24, 2.45) is 5.92 Å². The summed E-state index contributed by atoms with van der Waals surface area (Å²) in [7, 11) is 0. The van der Waals surface area contributed by atoms with Gasteiger partial charge in [0.25, 0.3) is 0 Å². The average molecular weight is 355 g/mol. The summed E-state index contributed by atoms with van der Waals surface area (Å²) in [6.45, 7) is 6.47. The van der Waals surface area contributed by atoms with Crippen molar-refractivity contribution in [3.8, 4) is 0 Å². The minimum atomic E-state index is 0.0568. The molecule has 0 aliphatic carbocycles. The van der Waals surface area contributed by atoms with Gasteiger partial charge >= 0.3 is 0 Å². The Morgan fingerprint density at radius 3 is 2.76 bits per heavy atom. The lowest BCUT2D eigenvalue weighted by Crippen LogP contribution is -2.38. The van der Waals surface area contributed by atoms with Crippen LogP contribution in [0, 0.1) is 5.92 Å². The van der Waals surface area contributed by atoms with Crippen LogP contribution in [0.5, 0.6) is 0 Å². The van der Waals surface area contributed by atoms with E-state index >= 15 is 0 Å². The van der Waals surface area contributed by atoms with Crippen LogP contribution in [0.1, 0.15) is 38.9 Å². The van der Waals surface area contributed by atoms with E-state index in [0.29, 0.717) is 5.92 Å². The summed E-state index contributed by atoms with van der Waals surface area (Å²) < 4.78 is 0.858. The van der Waals surface area contributed by atoms with E-state index in [1.54, 1.807) is 6.92 Å². The molecule has 1 aromatic heterocycles. The number of piperidine rings is 1. The predicted molar refractivity (Wildman–Crippen MR) is 87.3 cm³/mol. The fraction of sp³-hybridized carbons (Fsp3) is 0.667. The minimum absolute atomic E-state index is 0.0568. The standard InChI is InChI=1S/C15H23BrN4O/c1-3-4-14-18-13(16)9-15(19-14)20-7-5-12(6-8-20)10-17-11(2)21/h9,12H,3-8,10H2,1-2H3,(H,17,21). The van der Waals surface area contributed by atoms with Crippen LogP contribution in [-0.2, 0) is 11.2 Å². The number of nitrogens with one attached hydrogen (secondary N) is 1. The lowest BCUT2D eigenvalue weighted by atomic mass is 9.97. The van der Waals surface area contributed by atoms with Gasteiger partial charge in [0.1, 0.15) is 16.2 Å². The maximum absolute atomic E-state index is 11.0. The fourth-order valence-corrected chi connectivity index (χ4v) is 3.01. The minimum Gasteiger partial charge on any atom is -0.356 e. The molecule has 0 spiro atoms. The van der Waals surface area contributed by atoms with Gasteiger partial charge in [-0.1, -0.05) is 6.92 Å². The third-order valence-electron chi connectivity index (χ3n) is 3.78. The monoisotopic (exact) mass is 354 g/mol. The SMILES string of the molecule is CCCc1nc(Br)cc(N2CCC(CNC(C)=O)CC2)n1. The Labute approximate surface area is 134 Å². The number of carbonyl (C=O) groups excluding carboxylic acids is 1. The first-order chi connectivity index (χ1) is 10.1. The first-order valence-corrected chi connectivity index (χ1v) is 8.40. The molecule has 1 fully saturated rings. The van der Waals surface area contributed by atoms with E-state index in [4.69, 9.17) is 0 Å². The second-order valence-corrected chi connectivity index (χ2v) is 6.40. The van der Waals surface area contributed by atoms with Crippen LogP contribution >= 0.6 is 15.9 Å². The highest BCUT2D eigenvalue weighted by Gasteiger charge is 2.21. The van der Waals surface area contributed by atoms with Gasteiger partial charge < -0.3 is 10.2 Å². The largest absolute Gasteiger partial charge is 0.356 e. The fourth-order valence-electron chi connectivity index (χ4n) is 2.60. The van der Waals surface area contributed by atoms with E-state index in [-0.39, 0.29) is 5.91 Å². The van der Waals surface area contributed by atoms with Gasteiger partial charge in [-0.25, -0.2) is 9.97 Å². The zero-order valence-corrected chi connectivity index (χ0v) is 14.3. The van der Waals surface area contributed by atoms with Crippen LogP contribution in [0.2, 0.25) is 0 Å². The lowest BCUT2D eigenvalue weighted by molar-refractivity contribution is -0.119. The Balaban J connectivity index is 1.94. The summed E-state index contributed by atoms with van der Waals surface area (Å²) in [5.74, 6) is 2.55. The normalized spacial score (nSPS) is 16.0. The van der Waals surface area contributed by atoms with Crippen molar-refractivity contribution in [2.45, 2.75) is 39.5 Å². The van der Waals surface area contributed by atoms with Gasteiger partial charge in [-0.15, -0.1) is 0 Å². The maximum Gasteiger partial charge on any atom is 0.216 e. The predicted octanol–water partition coefficient (Wildman–Crippen LogP) is 2.54. The van der Waals surface area contributed by atoms with Crippen LogP contribution in [0.15, 0.2) is 10.7 Å². The molecule has 116 valence electrons. The number of amides is 1. The van der Waals surface area contributed by atoms with Crippen molar-refractivity contribution < 1.29 is 4.79 Å². The molecule has 21 heavy (non-hydrogen) atoms. The molecule has 2 heterocycles. The summed E-state index contributed by atoms with van der Waals surface area (Å²) in [5, 5.41) is 2.91. The summed E-state index contributed by atoms with van der Waals surface area (Å²) in [6.07, 6.45) is 4.14. The molecule has 0 aromatic carbocycles. The highest BCUT2D eigenvalue weighted by Crippen LogP contribution is 2.23. The topological polar surface area (TPSA) is 58.1 Å². The Morgan fingerprint density at radius 2 is 2.14 bits per heavy atom. The van der Waals surface area contributed by atoms with Crippen LogP contribution < -0.4 is 10.2 Å². The second kappa shape index (κ2) is 7.73. The average Bonchev–Trinajstić information content (AvgIpc) is 2.45. The molecular weight excluding hydrogens is 332 g/mol. The number of aromatic nitrogens is 2. The lowest BCUT2D eigenvalue weighted by Gasteiger charge is -2.33. The third kappa shape index (κ3) is 4.95. The number of aryl methyl sites for hydroxylation is 1. The number of hydrogen-bond acceptors (Lipinski definition) is 4. The molecule has 0 atom stereocenters. The van der Waals surface area contributed by atoms with Crippen LogP contribution in [0.3, 0.4) is 0 Å². The second-order valence-electron chi connectivity index (χ2n) is 5.58. The van der Waals surface area contributed by atoms with Crippen LogP contribution in [-0.4, -0.2) is 35.5 Å². The maximum atomic E-state index is 11.0. The van der Waals surface area contributed by atoms with Gasteiger partial charge in [0.15, 0.2) is 0 Å². The molecule has 0 radical (unpaired) electrons. The van der Waals surface area contributed by atoms with Crippen molar-refractivity contribution in [3.63, 3.8) is 0 Å². The molecule has 5 nitrogen and oxygen atoms in total. The highest BCUT2D eigenvalue weighted by molar-refractivity contribution is 9.10. The summed E-state index contributed by atoms with van der Waals surface area (Å²) >= 11 is 3.48. The van der Waals surface area contributed by atoms with Crippen molar-refractivity contribution >= 4 is 27.7 Å². The molecule has 1 amide bonds. The Kier molecular flexibility index (Phi) is 5.96. The quantitative estimate of drug-likeness (QED) is 0.825. The van der Waals surface area contributed by atoms with Crippen molar-refractivity contribution in [1.29, 1.82) is 0 Å². The smallest absolute Gasteiger partial charge is 0.216 e. The molecule has 1 aliphatic heterocycles. The van der Waals surface area contributed by atoms with E-state index < -0.39 is 0 Å². The number of hydrogen-bond donors (Lipinski definition) is 1. The Bertz CT molecular complexity index is 487. The Hall–Kier alpha value is -1.17. The number of anilines is 1. The number of rotatable bonds is 5. The molecule has 1 saturated heterocycles. The summed E-state index contributed by atoms with van der Waals surface area (Å²) in [5.41, 5.74) is 0.